The molecule has 1 aromatic heterocycles. The topological polar surface area (TPSA) is 87.5 Å². The fourth-order valence-corrected chi connectivity index (χ4v) is 4.56. The number of hydrogen-bond donors (Lipinski definition) is 1. The zero-order valence-corrected chi connectivity index (χ0v) is 19.3. The van der Waals surface area contributed by atoms with Gasteiger partial charge in [0.1, 0.15) is 11.8 Å². The molecule has 2 aliphatic rings. The number of nitrogens with one attached hydrogen (secondary N) is 1. The maximum Gasteiger partial charge on any atom is 0.226 e. The zero-order valence-electron chi connectivity index (χ0n) is 18.5. The predicted octanol–water partition coefficient (Wildman–Crippen LogP) is 4.65. The number of Topliss-reactive ketones (excluding diaryl/α,β-unsaturated/α-hetero) is 1. The van der Waals surface area contributed by atoms with Gasteiger partial charge in [0.15, 0.2) is 23.1 Å². The van der Waals surface area contributed by atoms with Crippen LogP contribution in [0, 0.1) is 0 Å². The molecule has 1 aliphatic carbocycles. The molecular weight excluding hydrogens is 444 g/mol. The number of fused-ring (bicyclic) bond motifs is 1. The number of ether oxygens (including phenoxy) is 3. The summed E-state index contributed by atoms with van der Waals surface area (Å²) >= 11 is 6.05. The number of rotatable bonds is 5. The van der Waals surface area contributed by atoms with E-state index in [9.17, 15) is 4.79 Å². The van der Waals surface area contributed by atoms with Gasteiger partial charge in [0.25, 0.3) is 0 Å². The standard InChI is InChI=1S/C24H23ClN4O4/c1-31-18-12-20(33-3)19(32-2)11-15(18)22-21-16(5-4-6-17(21)30)26-24-27-23(28-29(22)24)13-7-9-14(25)10-8-13/h7-12,22H,4-6H2,1-3H3,(H,26,27,28). The van der Waals surface area contributed by atoms with Crippen LogP contribution >= 0.6 is 11.6 Å². The van der Waals surface area contributed by atoms with Crippen molar-refractivity contribution in [2.24, 2.45) is 0 Å². The Labute approximate surface area is 196 Å². The Kier molecular flexibility index (Phi) is 5.46. The van der Waals surface area contributed by atoms with E-state index in [0.717, 1.165) is 29.7 Å². The fraction of sp³-hybridized carbons (Fsp3) is 0.292. The Hall–Kier alpha value is -3.52. The molecule has 33 heavy (non-hydrogen) atoms. The number of methoxy groups -OCH3 is 3. The van der Waals surface area contributed by atoms with Gasteiger partial charge in [0.05, 0.1) is 21.3 Å². The second kappa shape index (κ2) is 8.44. The third-order valence-corrected chi connectivity index (χ3v) is 6.25. The molecule has 8 nitrogen and oxygen atoms in total. The van der Waals surface area contributed by atoms with Crippen LogP contribution in [-0.4, -0.2) is 41.9 Å². The molecule has 5 rings (SSSR count). The second-order valence-electron chi connectivity index (χ2n) is 7.86. The summed E-state index contributed by atoms with van der Waals surface area (Å²) in [5.41, 5.74) is 3.11. The largest absolute Gasteiger partial charge is 0.496 e. The maximum absolute atomic E-state index is 13.1. The average molecular weight is 467 g/mol. The van der Waals surface area contributed by atoms with Gasteiger partial charge < -0.3 is 19.5 Å². The summed E-state index contributed by atoms with van der Waals surface area (Å²) in [6.07, 6.45) is 2.04. The van der Waals surface area contributed by atoms with Crippen molar-refractivity contribution >= 4 is 23.3 Å². The Bertz CT molecular complexity index is 1270. The summed E-state index contributed by atoms with van der Waals surface area (Å²) in [7, 11) is 4.73. The lowest BCUT2D eigenvalue weighted by molar-refractivity contribution is -0.116. The summed E-state index contributed by atoms with van der Waals surface area (Å²) in [5, 5.41) is 8.77. The minimum absolute atomic E-state index is 0.0831. The number of anilines is 1. The lowest BCUT2D eigenvalue weighted by Crippen LogP contribution is -2.31. The molecule has 2 aromatic carbocycles. The van der Waals surface area contributed by atoms with E-state index in [-0.39, 0.29) is 5.78 Å². The minimum atomic E-state index is -0.521. The van der Waals surface area contributed by atoms with Crippen molar-refractivity contribution in [2.45, 2.75) is 25.3 Å². The highest BCUT2D eigenvalue weighted by Crippen LogP contribution is 2.46. The number of benzene rings is 2. The van der Waals surface area contributed by atoms with Crippen LogP contribution in [0.1, 0.15) is 30.9 Å². The van der Waals surface area contributed by atoms with Crippen molar-refractivity contribution in [2.75, 3.05) is 26.6 Å². The van der Waals surface area contributed by atoms with Gasteiger partial charge in [-0.25, -0.2) is 4.68 Å². The summed E-state index contributed by atoms with van der Waals surface area (Å²) in [6.45, 7) is 0. The number of halogens is 1. The van der Waals surface area contributed by atoms with Gasteiger partial charge in [-0.1, -0.05) is 11.6 Å². The fourth-order valence-electron chi connectivity index (χ4n) is 4.43. The first-order valence-corrected chi connectivity index (χ1v) is 11.0. The first-order valence-electron chi connectivity index (χ1n) is 10.6. The van der Waals surface area contributed by atoms with Gasteiger partial charge in [0, 0.05) is 39.9 Å². The van der Waals surface area contributed by atoms with E-state index in [1.807, 2.05) is 18.2 Å². The SMILES string of the molecule is COc1cc(OC)c(C2C3=C(CCCC3=O)Nc3nc(-c4ccc(Cl)cc4)nn32)cc1OC. The number of allylic oxidation sites excluding steroid dienone is 2. The van der Waals surface area contributed by atoms with E-state index >= 15 is 0 Å². The molecule has 1 N–H and O–H groups in total. The van der Waals surface area contributed by atoms with E-state index in [2.05, 4.69) is 5.32 Å². The first kappa shape index (κ1) is 21.3. The second-order valence-corrected chi connectivity index (χ2v) is 8.29. The van der Waals surface area contributed by atoms with Crippen LogP contribution in [-0.2, 0) is 4.79 Å². The molecule has 0 saturated carbocycles. The lowest BCUT2D eigenvalue weighted by Gasteiger charge is -2.33. The summed E-state index contributed by atoms with van der Waals surface area (Å²) < 4.78 is 18.5. The van der Waals surface area contributed by atoms with Gasteiger partial charge in [0.2, 0.25) is 5.95 Å². The van der Waals surface area contributed by atoms with Gasteiger partial charge >= 0.3 is 0 Å². The molecule has 0 radical (unpaired) electrons. The van der Waals surface area contributed by atoms with Crippen molar-refractivity contribution < 1.29 is 19.0 Å². The minimum Gasteiger partial charge on any atom is -0.496 e. The lowest BCUT2D eigenvalue weighted by atomic mass is 9.85. The van der Waals surface area contributed by atoms with Crippen molar-refractivity contribution in [3.63, 3.8) is 0 Å². The van der Waals surface area contributed by atoms with Crippen LogP contribution in [0.15, 0.2) is 47.7 Å². The number of ketones is 1. The van der Waals surface area contributed by atoms with E-state index in [4.69, 9.17) is 35.9 Å². The zero-order chi connectivity index (χ0) is 23.1. The molecule has 0 spiro atoms. The van der Waals surface area contributed by atoms with E-state index in [1.54, 1.807) is 44.2 Å². The third-order valence-electron chi connectivity index (χ3n) is 6.00. The van der Waals surface area contributed by atoms with Crippen LogP contribution in [0.5, 0.6) is 17.2 Å². The molecule has 0 fully saturated rings. The van der Waals surface area contributed by atoms with E-state index in [1.165, 1.54) is 0 Å². The molecule has 2 heterocycles. The quantitative estimate of drug-likeness (QED) is 0.585. The summed E-state index contributed by atoms with van der Waals surface area (Å²) in [5.74, 6) is 2.83. The molecule has 1 unspecified atom stereocenters. The third kappa shape index (κ3) is 3.60. The van der Waals surface area contributed by atoms with Crippen LogP contribution in [0.25, 0.3) is 11.4 Å². The molecule has 9 heteroatoms. The summed E-state index contributed by atoms with van der Waals surface area (Å²) in [4.78, 5) is 17.9. The molecule has 1 aliphatic heterocycles. The molecule has 170 valence electrons. The highest BCUT2D eigenvalue weighted by atomic mass is 35.5. The van der Waals surface area contributed by atoms with E-state index < -0.39 is 6.04 Å². The van der Waals surface area contributed by atoms with Crippen LogP contribution in [0.2, 0.25) is 5.02 Å². The van der Waals surface area contributed by atoms with Crippen molar-refractivity contribution in [1.29, 1.82) is 0 Å². The molecule has 0 bridgehead atoms. The Morgan fingerprint density at radius 3 is 2.39 bits per heavy atom. The number of nitrogens with zero attached hydrogens (tertiary/aromatic N) is 3. The number of carbonyl (C=O) groups excluding carboxylic acids is 1. The smallest absolute Gasteiger partial charge is 0.226 e. The first-order chi connectivity index (χ1) is 16.0. The Morgan fingerprint density at radius 2 is 1.70 bits per heavy atom. The van der Waals surface area contributed by atoms with Crippen LogP contribution < -0.4 is 19.5 Å². The number of hydrogen-bond acceptors (Lipinski definition) is 7. The van der Waals surface area contributed by atoms with Crippen LogP contribution in [0.4, 0.5) is 5.95 Å². The Morgan fingerprint density at radius 1 is 1.00 bits per heavy atom. The van der Waals surface area contributed by atoms with Crippen molar-refractivity contribution in [3.05, 3.63) is 58.3 Å². The normalized spacial score (nSPS) is 17.2. The van der Waals surface area contributed by atoms with Gasteiger partial charge in [-0.15, -0.1) is 5.10 Å². The predicted molar refractivity (Wildman–Crippen MR) is 124 cm³/mol. The van der Waals surface area contributed by atoms with E-state index in [0.29, 0.717) is 46.0 Å². The van der Waals surface area contributed by atoms with Crippen molar-refractivity contribution in [3.8, 4) is 28.6 Å². The molecule has 0 saturated heterocycles. The number of carbonyl (C=O) groups is 1. The van der Waals surface area contributed by atoms with Crippen molar-refractivity contribution in [1.82, 2.24) is 14.8 Å². The number of aromatic nitrogens is 3. The van der Waals surface area contributed by atoms with Gasteiger partial charge in [-0.3, -0.25) is 4.79 Å². The summed E-state index contributed by atoms with van der Waals surface area (Å²) in [6, 6.07) is 10.4. The molecule has 1 atom stereocenters. The molecule has 0 amide bonds. The van der Waals surface area contributed by atoms with Crippen LogP contribution in [0.3, 0.4) is 0 Å². The highest BCUT2D eigenvalue weighted by molar-refractivity contribution is 6.30. The highest BCUT2D eigenvalue weighted by Gasteiger charge is 2.38. The van der Waals surface area contributed by atoms with Gasteiger partial charge in [-0.05, 0) is 43.2 Å². The molecular formula is C24H23ClN4O4. The maximum atomic E-state index is 13.1. The monoisotopic (exact) mass is 466 g/mol. The Balaban J connectivity index is 1.72. The molecule has 3 aromatic rings. The average Bonchev–Trinajstić information content (AvgIpc) is 3.26. The van der Waals surface area contributed by atoms with Gasteiger partial charge in [-0.2, -0.15) is 4.98 Å².